The minimum Gasteiger partial charge on any atom is -0.345 e. The van der Waals surface area contributed by atoms with Crippen LogP contribution in [0.4, 0.5) is 5.82 Å². The number of amides is 1. The SMILES string of the molecule is CC(C)N(C(=O)c1cc(C#N)cn1C)c1ccc(Br)cn1. The topological polar surface area (TPSA) is 61.9 Å². The molecular weight excluding hydrogens is 332 g/mol. The summed E-state index contributed by atoms with van der Waals surface area (Å²) in [7, 11) is 1.75. The van der Waals surface area contributed by atoms with Crippen LogP contribution in [0.1, 0.15) is 29.9 Å². The summed E-state index contributed by atoms with van der Waals surface area (Å²) < 4.78 is 2.52. The van der Waals surface area contributed by atoms with Crippen LogP contribution < -0.4 is 4.90 Å². The maximum absolute atomic E-state index is 12.8. The Labute approximate surface area is 131 Å². The molecule has 0 unspecified atom stereocenters. The van der Waals surface area contributed by atoms with Gasteiger partial charge in [0.15, 0.2) is 0 Å². The zero-order valence-corrected chi connectivity index (χ0v) is 13.6. The average Bonchev–Trinajstić information content (AvgIpc) is 2.82. The molecule has 0 aromatic carbocycles. The van der Waals surface area contributed by atoms with E-state index in [-0.39, 0.29) is 11.9 Å². The van der Waals surface area contributed by atoms with Crippen molar-refractivity contribution in [1.82, 2.24) is 9.55 Å². The van der Waals surface area contributed by atoms with E-state index in [1.54, 1.807) is 41.0 Å². The summed E-state index contributed by atoms with van der Waals surface area (Å²) in [5.74, 6) is 0.404. The first-order valence-corrected chi connectivity index (χ1v) is 7.25. The van der Waals surface area contributed by atoms with Crippen molar-refractivity contribution in [2.75, 3.05) is 4.90 Å². The number of aromatic nitrogens is 2. The lowest BCUT2D eigenvalue weighted by Gasteiger charge is -2.25. The van der Waals surface area contributed by atoms with Crippen molar-refractivity contribution in [1.29, 1.82) is 5.26 Å². The molecule has 0 radical (unpaired) electrons. The summed E-state index contributed by atoms with van der Waals surface area (Å²) in [6.45, 7) is 3.85. The Morgan fingerprint density at radius 2 is 2.19 bits per heavy atom. The Kier molecular flexibility index (Phi) is 4.43. The van der Waals surface area contributed by atoms with E-state index in [1.807, 2.05) is 26.0 Å². The van der Waals surface area contributed by atoms with Gasteiger partial charge in [0.2, 0.25) is 0 Å². The van der Waals surface area contributed by atoms with Crippen LogP contribution in [0.3, 0.4) is 0 Å². The van der Waals surface area contributed by atoms with Crippen LogP contribution in [0, 0.1) is 11.3 Å². The van der Waals surface area contributed by atoms with Crippen molar-refractivity contribution in [2.24, 2.45) is 7.05 Å². The predicted octanol–water partition coefficient (Wildman–Crippen LogP) is 3.11. The number of nitriles is 1. The lowest BCUT2D eigenvalue weighted by Crippen LogP contribution is -2.38. The molecule has 1 amide bonds. The van der Waals surface area contributed by atoms with E-state index in [0.29, 0.717) is 17.1 Å². The Balaban J connectivity index is 2.43. The molecule has 2 heterocycles. The molecule has 6 heteroatoms. The number of hydrogen-bond donors (Lipinski definition) is 0. The number of nitrogens with zero attached hydrogens (tertiary/aromatic N) is 4. The molecule has 108 valence electrons. The summed E-state index contributed by atoms with van der Waals surface area (Å²) in [6, 6.07) is 7.22. The molecule has 0 aliphatic heterocycles. The van der Waals surface area contributed by atoms with E-state index in [2.05, 4.69) is 20.9 Å². The second-order valence-electron chi connectivity index (χ2n) is 4.94. The monoisotopic (exact) mass is 346 g/mol. The van der Waals surface area contributed by atoms with Crippen LogP contribution >= 0.6 is 15.9 Å². The summed E-state index contributed by atoms with van der Waals surface area (Å²) >= 11 is 3.33. The van der Waals surface area contributed by atoms with Gasteiger partial charge < -0.3 is 4.57 Å². The van der Waals surface area contributed by atoms with Gasteiger partial charge >= 0.3 is 0 Å². The highest BCUT2D eigenvalue weighted by Gasteiger charge is 2.24. The normalized spacial score (nSPS) is 10.5. The van der Waals surface area contributed by atoms with Crippen molar-refractivity contribution >= 4 is 27.7 Å². The fourth-order valence-corrected chi connectivity index (χ4v) is 2.31. The first kappa shape index (κ1) is 15.3. The molecule has 2 aromatic heterocycles. The zero-order chi connectivity index (χ0) is 15.6. The Morgan fingerprint density at radius 1 is 1.48 bits per heavy atom. The summed E-state index contributed by atoms with van der Waals surface area (Å²) in [5.41, 5.74) is 0.929. The van der Waals surface area contributed by atoms with Gasteiger partial charge in [0.05, 0.1) is 5.56 Å². The number of carbonyl (C=O) groups is 1. The summed E-state index contributed by atoms with van der Waals surface area (Å²) in [4.78, 5) is 18.7. The Hall–Kier alpha value is -2.13. The molecule has 0 N–H and O–H groups in total. The molecule has 0 bridgehead atoms. The van der Waals surface area contributed by atoms with Gasteiger partial charge in [-0.1, -0.05) is 0 Å². The number of anilines is 1. The van der Waals surface area contributed by atoms with Gasteiger partial charge in [-0.05, 0) is 48.0 Å². The molecule has 2 rings (SSSR count). The molecule has 5 nitrogen and oxygen atoms in total. The zero-order valence-electron chi connectivity index (χ0n) is 12.0. The predicted molar refractivity (Wildman–Crippen MR) is 84.0 cm³/mol. The number of aryl methyl sites for hydroxylation is 1. The molecular formula is C15H15BrN4O. The van der Waals surface area contributed by atoms with Gasteiger partial charge in [0, 0.05) is 30.0 Å². The molecule has 0 fully saturated rings. The number of hydrogen-bond acceptors (Lipinski definition) is 3. The van der Waals surface area contributed by atoms with Gasteiger partial charge in [-0.15, -0.1) is 0 Å². The van der Waals surface area contributed by atoms with E-state index < -0.39 is 0 Å². The second kappa shape index (κ2) is 6.10. The average molecular weight is 347 g/mol. The molecule has 0 saturated heterocycles. The van der Waals surface area contributed by atoms with Crippen molar-refractivity contribution in [3.63, 3.8) is 0 Å². The lowest BCUT2D eigenvalue weighted by molar-refractivity contribution is 0.0971. The molecule has 0 aliphatic rings. The smallest absolute Gasteiger partial charge is 0.276 e. The third-order valence-electron chi connectivity index (χ3n) is 3.05. The van der Waals surface area contributed by atoms with Gasteiger partial charge in [0.25, 0.3) is 5.91 Å². The quantitative estimate of drug-likeness (QED) is 0.857. The minimum atomic E-state index is -0.177. The highest BCUT2D eigenvalue weighted by atomic mass is 79.9. The lowest BCUT2D eigenvalue weighted by atomic mass is 10.2. The molecule has 0 saturated carbocycles. The fraction of sp³-hybridized carbons (Fsp3) is 0.267. The maximum atomic E-state index is 12.8. The number of halogens is 1. The standard InChI is InChI=1S/C15H15BrN4O/c1-10(2)20(14-5-4-12(16)8-18-14)15(21)13-6-11(7-17)9-19(13)3/h4-6,8-10H,1-3H3. The van der Waals surface area contributed by atoms with Gasteiger partial charge in [-0.3, -0.25) is 9.69 Å². The van der Waals surface area contributed by atoms with Gasteiger partial charge in [-0.2, -0.15) is 5.26 Å². The minimum absolute atomic E-state index is 0.0494. The van der Waals surface area contributed by atoms with Crippen LogP contribution in [0.15, 0.2) is 35.1 Å². The third kappa shape index (κ3) is 3.14. The van der Waals surface area contributed by atoms with E-state index in [1.165, 1.54) is 0 Å². The third-order valence-corrected chi connectivity index (χ3v) is 3.52. The first-order valence-electron chi connectivity index (χ1n) is 6.45. The van der Waals surface area contributed by atoms with Crippen LogP contribution in [0.2, 0.25) is 0 Å². The van der Waals surface area contributed by atoms with Crippen LogP contribution in [-0.4, -0.2) is 21.5 Å². The maximum Gasteiger partial charge on any atom is 0.276 e. The highest BCUT2D eigenvalue weighted by Crippen LogP contribution is 2.20. The van der Waals surface area contributed by atoms with Crippen LogP contribution in [-0.2, 0) is 7.05 Å². The van der Waals surface area contributed by atoms with Gasteiger partial charge in [0.1, 0.15) is 17.6 Å². The Bertz CT molecular complexity index is 697. The van der Waals surface area contributed by atoms with Crippen molar-refractivity contribution in [3.05, 3.63) is 46.3 Å². The highest BCUT2D eigenvalue weighted by molar-refractivity contribution is 9.10. The van der Waals surface area contributed by atoms with Crippen LogP contribution in [0.5, 0.6) is 0 Å². The van der Waals surface area contributed by atoms with Crippen molar-refractivity contribution in [3.8, 4) is 6.07 Å². The Morgan fingerprint density at radius 3 is 2.67 bits per heavy atom. The first-order chi connectivity index (χ1) is 9.93. The summed E-state index contributed by atoms with van der Waals surface area (Å²) in [6.07, 6.45) is 3.30. The number of rotatable bonds is 3. The second-order valence-corrected chi connectivity index (χ2v) is 5.86. The van der Waals surface area contributed by atoms with E-state index in [9.17, 15) is 4.79 Å². The molecule has 0 spiro atoms. The van der Waals surface area contributed by atoms with E-state index in [4.69, 9.17) is 5.26 Å². The molecule has 21 heavy (non-hydrogen) atoms. The molecule has 0 aliphatic carbocycles. The molecule has 2 aromatic rings. The fourth-order valence-electron chi connectivity index (χ4n) is 2.08. The van der Waals surface area contributed by atoms with Crippen molar-refractivity contribution < 1.29 is 4.79 Å². The van der Waals surface area contributed by atoms with E-state index in [0.717, 1.165) is 4.47 Å². The van der Waals surface area contributed by atoms with Crippen molar-refractivity contribution in [2.45, 2.75) is 19.9 Å². The summed E-state index contributed by atoms with van der Waals surface area (Å²) in [5, 5.41) is 8.95. The van der Waals surface area contributed by atoms with E-state index >= 15 is 0 Å². The number of pyridine rings is 1. The molecule has 0 atom stereocenters. The largest absolute Gasteiger partial charge is 0.345 e. The van der Waals surface area contributed by atoms with Crippen LogP contribution in [0.25, 0.3) is 0 Å². The van der Waals surface area contributed by atoms with Gasteiger partial charge in [-0.25, -0.2) is 4.98 Å². The number of carbonyl (C=O) groups excluding carboxylic acids is 1.